The summed E-state index contributed by atoms with van der Waals surface area (Å²) in [5, 5.41) is 11.1. The number of hydrogen-bond acceptors (Lipinski definition) is 6. The van der Waals surface area contributed by atoms with Gasteiger partial charge in [0.25, 0.3) is 0 Å². The van der Waals surface area contributed by atoms with Crippen LogP contribution >= 0.6 is 0 Å². The molecule has 0 aromatic heterocycles. The number of aliphatic hydroxyl groups is 1. The Morgan fingerprint density at radius 3 is 2.14 bits per heavy atom. The maximum Gasteiger partial charge on any atom is 0.234 e. The van der Waals surface area contributed by atoms with Crippen LogP contribution in [0.15, 0.2) is 78.4 Å². The predicted octanol–water partition coefficient (Wildman–Crippen LogP) is 5.45. The fraction of sp³-hybridized carbons (Fsp3) is 0.200. The molecule has 0 saturated heterocycles. The van der Waals surface area contributed by atoms with Crippen LogP contribution in [0.5, 0.6) is 5.75 Å². The summed E-state index contributed by atoms with van der Waals surface area (Å²) in [6.07, 6.45) is 2.36. The number of benzene rings is 3. The molecule has 6 heteroatoms. The van der Waals surface area contributed by atoms with E-state index in [2.05, 4.69) is 0 Å². The number of fused-ring (bicyclic) bond motifs is 1. The lowest BCUT2D eigenvalue weighted by Gasteiger charge is -2.24. The second-order valence-electron chi connectivity index (χ2n) is 8.62. The molecule has 0 spiro atoms. The summed E-state index contributed by atoms with van der Waals surface area (Å²) in [5.74, 6) is -4.94. The number of unbranched alkanes of at least 4 members (excludes halogenated alkanes) is 1. The quantitative estimate of drug-likeness (QED) is 0.247. The number of aryl methyl sites for hydroxylation is 1. The molecule has 0 radical (unpaired) electrons. The first-order valence-electron chi connectivity index (χ1n) is 11.8. The normalized spacial score (nSPS) is 13.8. The van der Waals surface area contributed by atoms with Crippen LogP contribution in [0, 0.1) is 5.92 Å². The fourth-order valence-electron chi connectivity index (χ4n) is 4.46. The van der Waals surface area contributed by atoms with Gasteiger partial charge in [-0.1, -0.05) is 61.9 Å². The van der Waals surface area contributed by atoms with E-state index in [-0.39, 0.29) is 22.3 Å². The van der Waals surface area contributed by atoms with Crippen LogP contribution < -0.4 is 4.74 Å². The first-order chi connectivity index (χ1) is 17.4. The van der Waals surface area contributed by atoms with Crippen LogP contribution in [0.3, 0.4) is 0 Å². The molecule has 0 bridgehead atoms. The highest BCUT2D eigenvalue weighted by Crippen LogP contribution is 2.35. The van der Waals surface area contributed by atoms with Crippen molar-refractivity contribution in [1.82, 2.24) is 0 Å². The van der Waals surface area contributed by atoms with Crippen molar-refractivity contribution >= 4 is 28.9 Å². The molecule has 6 nitrogen and oxygen atoms in total. The summed E-state index contributed by atoms with van der Waals surface area (Å²) in [6, 6.07) is 19.2. The number of hydrogen-bond donors (Lipinski definition) is 1. The third kappa shape index (κ3) is 4.50. The van der Waals surface area contributed by atoms with Crippen LogP contribution in [-0.2, 0) is 11.2 Å². The van der Waals surface area contributed by atoms with Crippen LogP contribution in [0.25, 0.3) is 5.76 Å². The Kier molecular flexibility index (Phi) is 7.25. The third-order valence-corrected chi connectivity index (χ3v) is 6.40. The third-order valence-electron chi connectivity index (χ3n) is 6.40. The van der Waals surface area contributed by atoms with Crippen molar-refractivity contribution < 1.29 is 29.0 Å². The Hall–Kier alpha value is -4.32. The van der Waals surface area contributed by atoms with E-state index in [0.29, 0.717) is 12.2 Å². The van der Waals surface area contributed by atoms with Gasteiger partial charge in [-0.05, 0) is 42.7 Å². The van der Waals surface area contributed by atoms with E-state index in [4.69, 9.17) is 4.74 Å². The van der Waals surface area contributed by atoms with Crippen molar-refractivity contribution in [2.75, 3.05) is 7.11 Å². The number of carbonyl (C=O) groups is 4. The van der Waals surface area contributed by atoms with Crippen molar-refractivity contribution in [2.24, 2.45) is 5.92 Å². The molecule has 182 valence electrons. The van der Waals surface area contributed by atoms with Gasteiger partial charge in [0.15, 0.2) is 11.6 Å². The zero-order valence-electron chi connectivity index (χ0n) is 20.1. The largest absolute Gasteiger partial charge is 0.507 e. The smallest absolute Gasteiger partial charge is 0.234 e. The number of rotatable bonds is 9. The molecule has 0 fully saturated rings. The van der Waals surface area contributed by atoms with E-state index >= 15 is 0 Å². The number of carbonyl (C=O) groups excluding carboxylic acids is 4. The summed E-state index contributed by atoms with van der Waals surface area (Å²) in [7, 11) is 1.49. The SMILES string of the molecule is CCCCc1ccccc1C(=O)C(C(=O)c1ccc(OC)cc1)C1=C(O)c2ccccc2C(=O)C1=O. The van der Waals surface area contributed by atoms with Gasteiger partial charge < -0.3 is 9.84 Å². The monoisotopic (exact) mass is 482 g/mol. The highest BCUT2D eigenvalue weighted by Gasteiger charge is 2.43. The molecule has 3 aromatic carbocycles. The zero-order valence-corrected chi connectivity index (χ0v) is 20.1. The van der Waals surface area contributed by atoms with E-state index in [9.17, 15) is 24.3 Å². The lowest BCUT2D eigenvalue weighted by molar-refractivity contribution is -0.112. The van der Waals surface area contributed by atoms with Crippen LogP contribution in [0.4, 0.5) is 0 Å². The Morgan fingerprint density at radius 1 is 0.833 bits per heavy atom. The number of methoxy groups -OCH3 is 1. The average molecular weight is 483 g/mol. The summed E-state index contributed by atoms with van der Waals surface area (Å²) in [4.78, 5) is 54.1. The lowest BCUT2D eigenvalue weighted by atomic mass is 9.76. The number of ether oxygens (including phenoxy) is 1. The van der Waals surface area contributed by atoms with E-state index in [0.717, 1.165) is 18.4 Å². The predicted molar refractivity (Wildman–Crippen MR) is 136 cm³/mol. The molecule has 3 aromatic rings. The fourth-order valence-corrected chi connectivity index (χ4v) is 4.46. The number of allylic oxidation sites excluding steroid dienone is 1. The van der Waals surface area contributed by atoms with Crippen LogP contribution in [-0.4, -0.2) is 35.3 Å². The molecule has 36 heavy (non-hydrogen) atoms. The maximum atomic E-state index is 14.0. The van der Waals surface area contributed by atoms with E-state index in [1.165, 1.54) is 31.4 Å². The minimum Gasteiger partial charge on any atom is -0.507 e. The van der Waals surface area contributed by atoms with Crippen molar-refractivity contribution in [3.63, 3.8) is 0 Å². The maximum absolute atomic E-state index is 14.0. The summed E-state index contributed by atoms with van der Waals surface area (Å²) >= 11 is 0. The number of aliphatic hydroxyl groups excluding tert-OH is 1. The van der Waals surface area contributed by atoms with Gasteiger partial charge in [0, 0.05) is 22.3 Å². The Bertz CT molecular complexity index is 1380. The summed E-state index contributed by atoms with van der Waals surface area (Å²) in [6.45, 7) is 2.03. The van der Waals surface area contributed by atoms with Gasteiger partial charge in [0.2, 0.25) is 11.6 Å². The molecule has 1 atom stereocenters. The molecule has 1 N–H and O–H groups in total. The van der Waals surface area contributed by atoms with Gasteiger partial charge >= 0.3 is 0 Å². The van der Waals surface area contributed by atoms with Gasteiger partial charge in [-0.3, -0.25) is 19.2 Å². The molecule has 0 heterocycles. The molecule has 1 aliphatic rings. The van der Waals surface area contributed by atoms with Gasteiger partial charge in [0.1, 0.15) is 17.4 Å². The topological polar surface area (TPSA) is 97.7 Å². The van der Waals surface area contributed by atoms with Crippen molar-refractivity contribution in [3.8, 4) is 5.75 Å². The number of ketones is 4. The Labute approximate surface area is 209 Å². The van der Waals surface area contributed by atoms with Gasteiger partial charge in [-0.2, -0.15) is 0 Å². The molecule has 1 unspecified atom stereocenters. The molecule has 0 saturated carbocycles. The lowest BCUT2D eigenvalue weighted by Crippen LogP contribution is -2.36. The van der Waals surface area contributed by atoms with Gasteiger partial charge in [0.05, 0.1) is 12.7 Å². The molecule has 0 aliphatic heterocycles. The van der Waals surface area contributed by atoms with Crippen molar-refractivity contribution in [3.05, 3.63) is 106 Å². The second kappa shape index (κ2) is 10.5. The highest BCUT2D eigenvalue weighted by molar-refractivity contribution is 6.53. The first-order valence-corrected chi connectivity index (χ1v) is 11.8. The summed E-state index contributed by atoms with van der Waals surface area (Å²) in [5.41, 5.74) is 0.852. The minimum atomic E-state index is -1.69. The van der Waals surface area contributed by atoms with Crippen LogP contribution in [0.1, 0.15) is 62.0 Å². The van der Waals surface area contributed by atoms with Crippen molar-refractivity contribution in [1.29, 1.82) is 0 Å². The molecule has 1 aliphatic carbocycles. The second-order valence-corrected chi connectivity index (χ2v) is 8.62. The zero-order chi connectivity index (χ0) is 25.8. The number of Topliss-reactive ketones (excluding diaryl/α,β-unsaturated/α-hetero) is 4. The van der Waals surface area contributed by atoms with Crippen LogP contribution in [0.2, 0.25) is 0 Å². The highest BCUT2D eigenvalue weighted by atomic mass is 16.5. The molecular weight excluding hydrogens is 456 g/mol. The van der Waals surface area contributed by atoms with Gasteiger partial charge in [-0.25, -0.2) is 0 Å². The van der Waals surface area contributed by atoms with E-state index in [1.54, 1.807) is 36.4 Å². The summed E-state index contributed by atoms with van der Waals surface area (Å²) < 4.78 is 5.16. The Balaban J connectivity index is 1.91. The molecule has 0 amide bonds. The molecule has 4 rings (SSSR count). The van der Waals surface area contributed by atoms with E-state index in [1.807, 2.05) is 19.1 Å². The first kappa shape index (κ1) is 24.8. The van der Waals surface area contributed by atoms with Gasteiger partial charge in [-0.15, -0.1) is 0 Å². The van der Waals surface area contributed by atoms with Crippen molar-refractivity contribution in [2.45, 2.75) is 26.2 Å². The Morgan fingerprint density at radius 2 is 1.47 bits per heavy atom. The minimum absolute atomic E-state index is 0.0372. The average Bonchev–Trinajstić information content (AvgIpc) is 2.92. The molecular formula is C30H26O6. The van der Waals surface area contributed by atoms with E-state index < -0.39 is 40.4 Å². The standard InChI is InChI=1S/C30H26O6/c1-3-4-9-18-10-5-6-11-21(18)27(32)24(26(31)19-14-16-20(36-2)17-15-19)25-28(33)22-12-7-8-13-23(22)29(34)30(25)35/h5-8,10-17,24,33H,3-4,9H2,1-2H3.